The van der Waals surface area contributed by atoms with E-state index in [1.165, 1.54) is 6.07 Å². The lowest BCUT2D eigenvalue weighted by atomic mass is 10.2. The van der Waals surface area contributed by atoms with Crippen LogP contribution in [0.25, 0.3) is 0 Å². The van der Waals surface area contributed by atoms with Crippen molar-refractivity contribution in [1.82, 2.24) is 4.90 Å². The molecule has 2 aromatic carbocycles. The summed E-state index contributed by atoms with van der Waals surface area (Å²) in [6, 6.07) is 12.4. The van der Waals surface area contributed by atoms with Crippen LogP contribution >= 0.6 is 11.6 Å². The Bertz CT molecular complexity index is 760. The normalized spacial score (nSPS) is 14.5. The Balaban J connectivity index is 1.51. The summed E-state index contributed by atoms with van der Waals surface area (Å²) in [5.74, 6) is -0.190. The van der Waals surface area contributed by atoms with Crippen molar-refractivity contribution >= 4 is 28.9 Å². The Morgan fingerprint density at radius 3 is 2.56 bits per heavy atom. The molecule has 0 aliphatic carbocycles. The van der Waals surface area contributed by atoms with Crippen molar-refractivity contribution in [2.75, 3.05) is 42.9 Å². The third kappa shape index (κ3) is 4.23. The molecule has 6 heteroatoms. The number of nitrogens with one attached hydrogen (secondary N) is 1. The fourth-order valence-electron chi connectivity index (χ4n) is 2.90. The zero-order valence-corrected chi connectivity index (χ0v) is 14.9. The predicted octanol–water partition coefficient (Wildman–Crippen LogP) is 3.55. The molecule has 4 nitrogen and oxygen atoms in total. The van der Waals surface area contributed by atoms with Gasteiger partial charge in [-0.2, -0.15) is 0 Å². The minimum absolute atomic E-state index is 0.0323. The zero-order chi connectivity index (χ0) is 17.8. The number of carbonyl (C=O) groups excluding carboxylic acids is 1. The third-order valence-corrected chi connectivity index (χ3v) is 4.85. The number of carbonyl (C=O) groups is 1. The van der Waals surface area contributed by atoms with Crippen molar-refractivity contribution in [3.63, 3.8) is 0 Å². The van der Waals surface area contributed by atoms with Crippen LogP contribution in [0, 0.1) is 12.7 Å². The number of amides is 1. The minimum Gasteiger partial charge on any atom is -0.376 e. The number of rotatable bonds is 4. The van der Waals surface area contributed by atoms with Gasteiger partial charge in [0, 0.05) is 36.9 Å². The van der Waals surface area contributed by atoms with Gasteiger partial charge in [-0.1, -0.05) is 29.8 Å². The standard InChI is InChI=1S/C19H21ClFN3O/c1-14-6-7-15(12-16(14)20)22-13-19(25)24-10-8-23(9-11-24)18-5-3-2-4-17(18)21/h2-7,12,22H,8-11,13H2,1H3. The third-order valence-electron chi connectivity index (χ3n) is 4.44. The molecule has 0 aromatic heterocycles. The van der Waals surface area contributed by atoms with E-state index >= 15 is 0 Å². The average Bonchev–Trinajstić information content (AvgIpc) is 2.63. The molecule has 1 saturated heterocycles. The van der Waals surface area contributed by atoms with E-state index in [4.69, 9.17) is 11.6 Å². The summed E-state index contributed by atoms with van der Waals surface area (Å²) in [5, 5.41) is 3.79. The van der Waals surface area contributed by atoms with Crippen LogP contribution in [0.15, 0.2) is 42.5 Å². The SMILES string of the molecule is Cc1ccc(NCC(=O)N2CCN(c3ccccc3F)CC2)cc1Cl. The molecule has 0 spiro atoms. The molecule has 1 fully saturated rings. The maximum atomic E-state index is 13.9. The van der Waals surface area contributed by atoms with Gasteiger partial charge >= 0.3 is 0 Å². The summed E-state index contributed by atoms with van der Waals surface area (Å²) in [6.07, 6.45) is 0. The van der Waals surface area contributed by atoms with Gasteiger partial charge in [-0.25, -0.2) is 4.39 Å². The molecule has 1 aliphatic rings. The number of para-hydroxylation sites is 1. The first-order valence-corrected chi connectivity index (χ1v) is 8.69. The van der Waals surface area contributed by atoms with Crippen LogP contribution in [-0.2, 0) is 4.79 Å². The summed E-state index contributed by atoms with van der Waals surface area (Å²) >= 11 is 6.09. The Hall–Kier alpha value is -2.27. The molecular formula is C19H21ClFN3O. The number of benzene rings is 2. The topological polar surface area (TPSA) is 35.6 Å². The zero-order valence-electron chi connectivity index (χ0n) is 14.1. The molecule has 2 aromatic rings. The second-order valence-corrected chi connectivity index (χ2v) is 6.54. The highest BCUT2D eigenvalue weighted by Crippen LogP contribution is 2.21. The first kappa shape index (κ1) is 17.5. The number of aryl methyl sites for hydroxylation is 1. The van der Waals surface area contributed by atoms with Crippen LogP contribution in [0.1, 0.15) is 5.56 Å². The second kappa shape index (κ2) is 7.74. The molecule has 0 saturated carbocycles. The van der Waals surface area contributed by atoms with Crippen LogP contribution < -0.4 is 10.2 Å². The molecule has 3 rings (SSSR count). The summed E-state index contributed by atoms with van der Waals surface area (Å²) in [6.45, 7) is 4.59. The fourth-order valence-corrected chi connectivity index (χ4v) is 3.08. The molecule has 0 atom stereocenters. The second-order valence-electron chi connectivity index (χ2n) is 6.14. The van der Waals surface area contributed by atoms with Gasteiger partial charge in [0.05, 0.1) is 12.2 Å². The number of hydrogen-bond donors (Lipinski definition) is 1. The van der Waals surface area contributed by atoms with E-state index in [1.54, 1.807) is 17.0 Å². The van der Waals surface area contributed by atoms with Gasteiger partial charge < -0.3 is 15.1 Å². The summed E-state index contributed by atoms with van der Waals surface area (Å²) in [7, 11) is 0. The van der Waals surface area contributed by atoms with E-state index in [1.807, 2.05) is 36.1 Å². The van der Waals surface area contributed by atoms with E-state index in [-0.39, 0.29) is 18.3 Å². The monoisotopic (exact) mass is 361 g/mol. The smallest absolute Gasteiger partial charge is 0.241 e. The first-order valence-electron chi connectivity index (χ1n) is 8.32. The molecule has 1 N–H and O–H groups in total. The van der Waals surface area contributed by atoms with E-state index in [0.29, 0.717) is 36.9 Å². The van der Waals surface area contributed by atoms with Crippen LogP contribution in [0.5, 0.6) is 0 Å². The van der Waals surface area contributed by atoms with E-state index in [2.05, 4.69) is 5.32 Å². The highest BCUT2D eigenvalue weighted by molar-refractivity contribution is 6.31. The number of hydrogen-bond acceptors (Lipinski definition) is 3. The maximum Gasteiger partial charge on any atom is 0.241 e. The average molecular weight is 362 g/mol. The Morgan fingerprint density at radius 1 is 1.16 bits per heavy atom. The van der Waals surface area contributed by atoms with Crippen LogP contribution in [-0.4, -0.2) is 43.5 Å². The predicted molar refractivity (Wildman–Crippen MR) is 99.9 cm³/mol. The van der Waals surface area contributed by atoms with Gasteiger partial charge in [0.2, 0.25) is 5.91 Å². The largest absolute Gasteiger partial charge is 0.376 e. The highest BCUT2D eigenvalue weighted by atomic mass is 35.5. The summed E-state index contributed by atoms with van der Waals surface area (Å²) < 4.78 is 13.9. The van der Waals surface area contributed by atoms with Crippen molar-refractivity contribution in [2.24, 2.45) is 0 Å². The Morgan fingerprint density at radius 2 is 1.88 bits per heavy atom. The molecule has 25 heavy (non-hydrogen) atoms. The van der Waals surface area contributed by atoms with E-state index in [9.17, 15) is 9.18 Å². The lowest BCUT2D eigenvalue weighted by Crippen LogP contribution is -2.50. The summed E-state index contributed by atoms with van der Waals surface area (Å²) in [4.78, 5) is 16.2. The van der Waals surface area contributed by atoms with Gasteiger partial charge in [-0.05, 0) is 36.8 Å². The number of anilines is 2. The molecule has 0 unspecified atom stereocenters. The van der Waals surface area contributed by atoms with Crippen LogP contribution in [0.4, 0.5) is 15.8 Å². The van der Waals surface area contributed by atoms with Gasteiger partial charge in [0.25, 0.3) is 0 Å². The van der Waals surface area contributed by atoms with Gasteiger partial charge in [0.1, 0.15) is 5.82 Å². The number of nitrogens with zero attached hydrogens (tertiary/aromatic N) is 2. The van der Waals surface area contributed by atoms with E-state index in [0.717, 1.165) is 11.3 Å². The Kier molecular flexibility index (Phi) is 5.43. The molecule has 1 heterocycles. The van der Waals surface area contributed by atoms with Crippen molar-refractivity contribution in [3.05, 3.63) is 58.9 Å². The number of halogens is 2. The maximum absolute atomic E-state index is 13.9. The van der Waals surface area contributed by atoms with Crippen molar-refractivity contribution < 1.29 is 9.18 Å². The van der Waals surface area contributed by atoms with Crippen molar-refractivity contribution in [1.29, 1.82) is 0 Å². The molecule has 0 radical (unpaired) electrons. The van der Waals surface area contributed by atoms with Crippen LogP contribution in [0.3, 0.4) is 0 Å². The molecule has 1 amide bonds. The van der Waals surface area contributed by atoms with Crippen LogP contribution in [0.2, 0.25) is 5.02 Å². The van der Waals surface area contributed by atoms with Gasteiger partial charge in [-0.3, -0.25) is 4.79 Å². The molecule has 132 valence electrons. The summed E-state index contributed by atoms with van der Waals surface area (Å²) in [5.41, 5.74) is 2.43. The lowest BCUT2D eigenvalue weighted by molar-refractivity contribution is -0.129. The Labute approximate surface area is 152 Å². The fraction of sp³-hybridized carbons (Fsp3) is 0.316. The van der Waals surface area contributed by atoms with Gasteiger partial charge in [0.15, 0.2) is 0 Å². The molecule has 0 bridgehead atoms. The number of piperazine rings is 1. The molecule has 1 aliphatic heterocycles. The first-order chi connectivity index (χ1) is 12.0. The van der Waals surface area contributed by atoms with Crippen molar-refractivity contribution in [3.8, 4) is 0 Å². The van der Waals surface area contributed by atoms with Crippen molar-refractivity contribution in [2.45, 2.75) is 6.92 Å². The minimum atomic E-state index is -0.222. The lowest BCUT2D eigenvalue weighted by Gasteiger charge is -2.36. The van der Waals surface area contributed by atoms with Gasteiger partial charge in [-0.15, -0.1) is 0 Å². The quantitative estimate of drug-likeness (QED) is 0.904. The molecular weight excluding hydrogens is 341 g/mol. The highest BCUT2D eigenvalue weighted by Gasteiger charge is 2.22. The van der Waals surface area contributed by atoms with E-state index < -0.39 is 0 Å².